The van der Waals surface area contributed by atoms with Crippen LogP contribution in [0.5, 0.6) is 0 Å². The zero-order chi connectivity index (χ0) is 22.1. The summed E-state index contributed by atoms with van der Waals surface area (Å²) in [4.78, 5) is 31.7. The normalized spacial score (nSPS) is 12.1. The highest BCUT2D eigenvalue weighted by molar-refractivity contribution is 7.17. The molecule has 0 fully saturated rings. The van der Waals surface area contributed by atoms with E-state index in [0.29, 0.717) is 16.6 Å². The third kappa shape index (κ3) is 4.16. The Morgan fingerprint density at radius 2 is 1.74 bits per heavy atom. The number of hydrogen-bond donors (Lipinski definition) is 1. The lowest BCUT2D eigenvalue weighted by Gasteiger charge is -2.18. The minimum atomic E-state index is -0.643. The quantitative estimate of drug-likeness (QED) is 0.445. The maximum Gasteiger partial charge on any atom is 0.263 e. The molecule has 5 nitrogen and oxygen atoms in total. The van der Waals surface area contributed by atoms with E-state index in [1.165, 1.54) is 22.2 Å². The van der Waals surface area contributed by atoms with Gasteiger partial charge in [0.15, 0.2) is 0 Å². The first kappa shape index (κ1) is 21.0. The van der Waals surface area contributed by atoms with Crippen molar-refractivity contribution >= 4 is 33.1 Å². The summed E-state index contributed by atoms with van der Waals surface area (Å²) in [7, 11) is 0. The fraction of sp³-hybridized carbons (Fsp3) is 0.240. The number of rotatable bonds is 5. The molecule has 0 aliphatic rings. The summed E-state index contributed by atoms with van der Waals surface area (Å²) in [5.41, 5.74) is 5.68. The third-order valence-corrected chi connectivity index (χ3v) is 6.28. The van der Waals surface area contributed by atoms with Crippen molar-refractivity contribution in [3.05, 3.63) is 81.2 Å². The Morgan fingerprint density at radius 3 is 2.39 bits per heavy atom. The van der Waals surface area contributed by atoms with Crippen LogP contribution in [-0.2, 0) is 4.79 Å². The lowest BCUT2D eigenvalue weighted by molar-refractivity contribution is -0.119. The summed E-state index contributed by atoms with van der Waals surface area (Å²) < 4.78 is 1.46. The second-order valence-corrected chi connectivity index (χ2v) is 8.80. The first-order valence-corrected chi connectivity index (χ1v) is 11.2. The molecule has 1 atom stereocenters. The minimum Gasteiger partial charge on any atom is -0.324 e. The Bertz CT molecular complexity index is 1300. The van der Waals surface area contributed by atoms with Crippen molar-refractivity contribution in [3.8, 4) is 11.1 Å². The molecule has 1 unspecified atom stereocenters. The molecule has 6 heteroatoms. The van der Waals surface area contributed by atoms with Crippen LogP contribution in [0.1, 0.15) is 36.1 Å². The van der Waals surface area contributed by atoms with Crippen LogP contribution in [0.25, 0.3) is 21.3 Å². The predicted molar refractivity (Wildman–Crippen MR) is 128 cm³/mol. The van der Waals surface area contributed by atoms with Crippen molar-refractivity contribution in [2.45, 2.75) is 40.2 Å². The highest BCUT2D eigenvalue weighted by atomic mass is 32.1. The van der Waals surface area contributed by atoms with E-state index in [0.717, 1.165) is 33.5 Å². The van der Waals surface area contributed by atoms with Crippen LogP contribution in [0.15, 0.2) is 59.0 Å². The van der Waals surface area contributed by atoms with Gasteiger partial charge in [0.2, 0.25) is 5.91 Å². The fourth-order valence-electron chi connectivity index (χ4n) is 3.89. The molecule has 0 radical (unpaired) electrons. The van der Waals surface area contributed by atoms with Gasteiger partial charge in [0.25, 0.3) is 5.56 Å². The highest BCUT2D eigenvalue weighted by Gasteiger charge is 2.23. The first-order valence-electron chi connectivity index (χ1n) is 10.3. The van der Waals surface area contributed by atoms with Gasteiger partial charge in [0.05, 0.1) is 11.7 Å². The van der Waals surface area contributed by atoms with Crippen LogP contribution >= 0.6 is 11.3 Å². The summed E-state index contributed by atoms with van der Waals surface area (Å²) >= 11 is 1.44. The van der Waals surface area contributed by atoms with Gasteiger partial charge in [-0.1, -0.05) is 42.8 Å². The zero-order valence-electron chi connectivity index (χ0n) is 18.1. The number of carbonyl (C=O) groups is 1. The highest BCUT2D eigenvalue weighted by Crippen LogP contribution is 2.31. The summed E-state index contributed by atoms with van der Waals surface area (Å²) in [5, 5.41) is 5.50. The van der Waals surface area contributed by atoms with Gasteiger partial charge >= 0.3 is 0 Å². The molecule has 0 aliphatic heterocycles. The maximum atomic E-state index is 13.5. The van der Waals surface area contributed by atoms with E-state index < -0.39 is 6.04 Å². The van der Waals surface area contributed by atoms with Gasteiger partial charge in [-0.3, -0.25) is 14.2 Å². The molecular weight excluding hydrogens is 406 g/mol. The second-order valence-electron chi connectivity index (χ2n) is 7.94. The smallest absolute Gasteiger partial charge is 0.263 e. The molecule has 0 aliphatic carbocycles. The average Bonchev–Trinajstić information content (AvgIpc) is 3.15. The lowest BCUT2D eigenvalue weighted by Crippen LogP contribution is -2.33. The van der Waals surface area contributed by atoms with Crippen molar-refractivity contribution < 1.29 is 4.79 Å². The van der Waals surface area contributed by atoms with E-state index >= 15 is 0 Å². The fourth-order valence-corrected chi connectivity index (χ4v) is 4.80. The standard InChI is InChI=1S/C25H25N3O2S/c1-5-21(23(29)27-19-11-16(3)10-17(4)12-19)28-14-26-24-22(25(28)30)20(13-31-24)18-8-6-15(2)7-9-18/h6-14,21H,5H2,1-4H3,(H,27,29). The summed E-state index contributed by atoms with van der Waals surface area (Å²) in [6.07, 6.45) is 1.98. The van der Waals surface area contributed by atoms with E-state index in [1.807, 2.05) is 69.5 Å². The first-order chi connectivity index (χ1) is 14.9. The Balaban J connectivity index is 1.74. The molecule has 0 bridgehead atoms. The number of fused-ring (bicyclic) bond motifs is 1. The molecule has 2 heterocycles. The van der Waals surface area contributed by atoms with Crippen LogP contribution < -0.4 is 10.9 Å². The number of anilines is 1. The average molecular weight is 432 g/mol. The Kier molecular flexibility index (Phi) is 5.74. The van der Waals surface area contributed by atoms with E-state index in [-0.39, 0.29) is 11.5 Å². The van der Waals surface area contributed by atoms with Gasteiger partial charge in [-0.2, -0.15) is 0 Å². The maximum absolute atomic E-state index is 13.5. The molecule has 31 heavy (non-hydrogen) atoms. The zero-order valence-corrected chi connectivity index (χ0v) is 18.9. The molecule has 4 aromatic rings. The summed E-state index contributed by atoms with van der Waals surface area (Å²) in [5.74, 6) is -0.220. The summed E-state index contributed by atoms with van der Waals surface area (Å²) in [6.45, 7) is 7.91. The molecule has 1 amide bonds. The molecule has 0 spiro atoms. The number of hydrogen-bond acceptors (Lipinski definition) is 4. The molecule has 0 saturated heterocycles. The number of carbonyl (C=O) groups excluding carboxylic acids is 1. The number of amides is 1. The monoisotopic (exact) mass is 431 g/mol. The predicted octanol–water partition coefficient (Wildman–Crippen LogP) is 5.64. The molecule has 4 rings (SSSR count). The number of aromatic nitrogens is 2. The summed E-state index contributed by atoms with van der Waals surface area (Å²) in [6, 6.07) is 13.3. The Morgan fingerprint density at radius 1 is 1.06 bits per heavy atom. The SMILES string of the molecule is CCC(C(=O)Nc1cc(C)cc(C)c1)n1cnc2scc(-c3ccc(C)cc3)c2c1=O. The van der Waals surface area contributed by atoms with Gasteiger partial charge in [-0.15, -0.1) is 11.3 Å². The van der Waals surface area contributed by atoms with E-state index in [1.54, 1.807) is 0 Å². The Labute approximate surface area is 185 Å². The van der Waals surface area contributed by atoms with Crippen LogP contribution in [0.4, 0.5) is 5.69 Å². The van der Waals surface area contributed by atoms with Crippen LogP contribution in [0.2, 0.25) is 0 Å². The van der Waals surface area contributed by atoms with E-state index in [9.17, 15) is 9.59 Å². The number of aryl methyl sites for hydroxylation is 3. The number of nitrogens with zero attached hydrogens (tertiary/aromatic N) is 2. The van der Waals surface area contributed by atoms with Gasteiger partial charge in [0, 0.05) is 16.6 Å². The number of nitrogens with one attached hydrogen (secondary N) is 1. The van der Waals surface area contributed by atoms with Crippen LogP contribution in [0.3, 0.4) is 0 Å². The van der Waals surface area contributed by atoms with Crippen molar-refractivity contribution in [1.29, 1.82) is 0 Å². The topological polar surface area (TPSA) is 64.0 Å². The van der Waals surface area contributed by atoms with E-state index in [4.69, 9.17) is 0 Å². The van der Waals surface area contributed by atoms with Crippen LogP contribution in [0, 0.1) is 20.8 Å². The minimum absolute atomic E-state index is 0.191. The molecule has 2 aromatic heterocycles. The molecular formula is C25H25N3O2S. The number of benzene rings is 2. The van der Waals surface area contributed by atoms with Gasteiger partial charge in [0.1, 0.15) is 10.9 Å². The Hall–Kier alpha value is -3.25. The molecule has 1 N–H and O–H groups in total. The number of thiophene rings is 1. The van der Waals surface area contributed by atoms with Crippen LogP contribution in [-0.4, -0.2) is 15.5 Å². The molecule has 0 saturated carbocycles. The van der Waals surface area contributed by atoms with Crippen molar-refractivity contribution in [3.63, 3.8) is 0 Å². The van der Waals surface area contributed by atoms with Crippen molar-refractivity contribution in [2.24, 2.45) is 0 Å². The van der Waals surface area contributed by atoms with Crippen molar-refractivity contribution in [2.75, 3.05) is 5.32 Å². The van der Waals surface area contributed by atoms with Gasteiger partial charge in [-0.05, 0) is 56.0 Å². The largest absolute Gasteiger partial charge is 0.324 e. The van der Waals surface area contributed by atoms with E-state index in [2.05, 4.69) is 16.4 Å². The second kappa shape index (κ2) is 8.47. The van der Waals surface area contributed by atoms with Gasteiger partial charge in [-0.25, -0.2) is 4.98 Å². The third-order valence-electron chi connectivity index (χ3n) is 5.40. The lowest BCUT2D eigenvalue weighted by atomic mass is 10.0. The molecule has 2 aromatic carbocycles. The molecule has 158 valence electrons. The van der Waals surface area contributed by atoms with Crippen molar-refractivity contribution in [1.82, 2.24) is 9.55 Å². The van der Waals surface area contributed by atoms with Gasteiger partial charge < -0.3 is 5.32 Å².